The average Bonchev–Trinajstić information content (AvgIpc) is 2.36. The monoisotopic (exact) mass is 264 g/mol. The molecular weight excluding hydrogens is 240 g/mol. The molecule has 0 saturated heterocycles. The van der Waals surface area contributed by atoms with Crippen LogP contribution in [0, 0.1) is 0 Å². The summed E-state index contributed by atoms with van der Waals surface area (Å²) in [4.78, 5) is 11.8. The van der Waals surface area contributed by atoms with Gasteiger partial charge in [-0.3, -0.25) is 4.79 Å². The Labute approximate surface area is 115 Å². The smallest absolute Gasteiger partial charge is 0.225 e. The molecule has 1 aromatic rings. The van der Waals surface area contributed by atoms with Crippen molar-refractivity contribution in [2.45, 2.75) is 39.7 Å². The number of hydrogen-bond acceptors (Lipinski definition) is 3. The van der Waals surface area contributed by atoms with Crippen molar-refractivity contribution in [2.75, 3.05) is 18.4 Å². The van der Waals surface area contributed by atoms with Crippen LogP contribution in [0.1, 0.15) is 33.6 Å². The Morgan fingerprint density at radius 2 is 2.00 bits per heavy atom. The van der Waals surface area contributed by atoms with E-state index in [0.717, 1.165) is 18.7 Å². The lowest BCUT2D eigenvalue weighted by atomic mass is 10.2. The third-order valence-electron chi connectivity index (χ3n) is 2.48. The normalized spacial score (nSPS) is 10.5. The SMILES string of the molecule is CCCNCCC(=O)Nc1ccccc1OC(C)C. The molecule has 0 atom stereocenters. The number of rotatable bonds is 8. The van der Waals surface area contributed by atoms with E-state index in [1.807, 2.05) is 38.1 Å². The second-order valence-electron chi connectivity index (χ2n) is 4.71. The van der Waals surface area contributed by atoms with E-state index in [0.29, 0.717) is 18.7 Å². The first-order valence-electron chi connectivity index (χ1n) is 6.89. The molecular formula is C15H24N2O2. The second kappa shape index (κ2) is 8.53. The number of carbonyl (C=O) groups is 1. The fourth-order valence-electron chi connectivity index (χ4n) is 1.64. The molecule has 0 fully saturated rings. The van der Waals surface area contributed by atoms with Gasteiger partial charge in [-0.15, -0.1) is 0 Å². The topological polar surface area (TPSA) is 50.4 Å². The molecule has 2 N–H and O–H groups in total. The number of carbonyl (C=O) groups excluding carboxylic acids is 1. The van der Waals surface area contributed by atoms with Crippen molar-refractivity contribution in [2.24, 2.45) is 0 Å². The van der Waals surface area contributed by atoms with Crippen LogP contribution >= 0.6 is 0 Å². The zero-order valence-corrected chi connectivity index (χ0v) is 12.0. The van der Waals surface area contributed by atoms with Crippen molar-refractivity contribution < 1.29 is 9.53 Å². The number of benzene rings is 1. The molecule has 4 heteroatoms. The zero-order chi connectivity index (χ0) is 14.1. The van der Waals surface area contributed by atoms with Crippen LogP contribution < -0.4 is 15.4 Å². The van der Waals surface area contributed by atoms with Crippen molar-refractivity contribution in [3.8, 4) is 5.75 Å². The van der Waals surface area contributed by atoms with Crippen molar-refractivity contribution in [3.63, 3.8) is 0 Å². The molecule has 1 rings (SSSR count). The first kappa shape index (κ1) is 15.5. The minimum atomic E-state index is 0.00316. The number of amides is 1. The van der Waals surface area contributed by atoms with E-state index >= 15 is 0 Å². The molecule has 0 saturated carbocycles. The van der Waals surface area contributed by atoms with Crippen LogP contribution in [0.25, 0.3) is 0 Å². The van der Waals surface area contributed by atoms with Crippen LogP contribution in [-0.2, 0) is 4.79 Å². The lowest BCUT2D eigenvalue weighted by Crippen LogP contribution is -2.22. The highest BCUT2D eigenvalue weighted by atomic mass is 16.5. The molecule has 0 aromatic heterocycles. The average molecular weight is 264 g/mol. The third-order valence-corrected chi connectivity index (χ3v) is 2.48. The molecule has 0 bridgehead atoms. The molecule has 0 spiro atoms. The molecule has 0 aliphatic carbocycles. The quantitative estimate of drug-likeness (QED) is 0.710. The van der Waals surface area contributed by atoms with Crippen molar-refractivity contribution in [1.29, 1.82) is 0 Å². The zero-order valence-electron chi connectivity index (χ0n) is 12.0. The number of nitrogens with one attached hydrogen (secondary N) is 2. The number of hydrogen-bond donors (Lipinski definition) is 2. The summed E-state index contributed by atoms with van der Waals surface area (Å²) < 4.78 is 5.66. The van der Waals surface area contributed by atoms with Crippen LogP contribution in [0.2, 0.25) is 0 Å². The Bertz CT molecular complexity index is 391. The molecule has 0 aliphatic rings. The third kappa shape index (κ3) is 6.25. The van der Waals surface area contributed by atoms with Gasteiger partial charge >= 0.3 is 0 Å². The van der Waals surface area contributed by atoms with Gasteiger partial charge in [0, 0.05) is 13.0 Å². The van der Waals surface area contributed by atoms with E-state index < -0.39 is 0 Å². The van der Waals surface area contributed by atoms with Crippen LogP contribution in [-0.4, -0.2) is 25.1 Å². The molecule has 106 valence electrons. The standard InChI is InChI=1S/C15H24N2O2/c1-4-10-16-11-9-15(18)17-13-7-5-6-8-14(13)19-12(2)3/h5-8,12,16H,4,9-11H2,1-3H3,(H,17,18). The molecule has 19 heavy (non-hydrogen) atoms. The van der Waals surface area contributed by atoms with Crippen LogP contribution in [0.4, 0.5) is 5.69 Å². The Morgan fingerprint density at radius 3 is 2.68 bits per heavy atom. The molecule has 0 heterocycles. The first-order chi connectivity index (χ1) is 9.13. The van der Waals surface area contributed by atoms with Crippen LogP contribution in [0.3, 0.4) is 0 Å². The first-order valence-corrected chi connectivity index (χ1v) is 6.89. The van der Waals surface area contributed by atoms with E-state index in [1.165, 1.54) is 0 Å². The van der Waals surface area contributed by atoms with Crippen molar-refractivity contribution >= 4 is 11.6 Å². The van der Waals surface area contributed by atoms with Gasteiger partial charge in [-0.25, -0.2) is 0 Å². The maximum absolute atomic E-state index is 11.8. The van der Waals surface area contributed by atoms with Gasteiger partial charge < -0.3 is 15.4 Å². The largest absolute Gasteiger partial charge is 0.489 e. The highest BCUT2D eigenvalue weighted by Crippen LogP contribution is 2.24. The van der Waals surface area contributed by atoms with E-state index in [-0.39, 0.29) is 12.0 Å². The van der Waals surface area contributed by atoms with E-state index in [4.69, 9.17) is 4.74 Å². The number of anilines is 1. The minimum Gasteiger partial charge on any atom is -0.489 e. The highest BCUT2D eigenvalue weighted by Gasteiger charge is 2.08. The summed E-state index contributed by atoms with van der Waals surface area (Å²) in [6.07, 6.45) is 1.63. The van der Waals surface area contributed by atoms with E-state index in [2.05, 4.69) is 17.6 Å². The summed E-state index contributed by atoms with van der Waals surface area (Å²) >= 11 is 0. The van der Waals surface area contributed by atoms with Gasteiger partial charge in [-0.2, -0.15) is 0 Å². The molecule has 1 aromatic carbocycles. The fraction of sp³-hybridized carbons (Fsp3) is 0.533. The molecule has 0 unspecified atom stereocenters. The maximum Gasteiger partial charge on any atom is 0.225 e. The van der Waals surface area contributed by atoms with Gasteiger partial charge in [0.15, 0.2) is 0 Å². The van der Waals surface area contributed by atoms with Crippen molar-refractivity contribution in [3.05, 3.63) is 24.3 Å². The lowest BCUT2D eigenvalue weighted by molar-refractivity contribution is -0.116. The van der Waals surface area contributed by atoms with Crippen LogP contribution in [0.15, 0.2) is 24.3 Å². The highest BCUT2D eigenvalue weighted by molar-refractivity contribution is 5.92. The lowest BCUT2D eigenvalue weighted by Gasteiger charge is -2.14. The fourth-order valence-corrected chi connectivity index (χ4v) is 1.64. The predicted molar refractivity (Wildman–Crippen MR) is 78.6 cm³/mol. The van der Waals surface area contributed by atoms with Gasteiger partial charge in [0.1, 0.15) is 5.75 Å². The van der Waals surface area contributed by atoms with E-state index in [9.17, 15) is 4.79 Å². The van der Waals surface area contributed by atoms with Gasteiger partial charge in [0.25, 0.3) is 0 Å². The molecule has 0 radical (unpaired) electrons. The maximum atomic E-state index is 11.8. The minimum absolute atomic E-state index is 0.00316. The van der Waals surface area contributed by atoms with Gasteiger partial charge in [-0.1, -0.05) is 19.1 Å². The predicted octanol–water partition coefficient (Wildman–Crippen LogP) is 2.80. The molecule has 0 aliphatic heterocycles. The molecule has 1 amide bonds. The summed E-state index contributed by atoms with van der Waals surface area (Å²) in [6.45, 7) is 7.68. The second-order valence-corrected chi connectivity index (χ2v) is 4.71. The summed E-state index contributed by atoms with van der Waals surface area (Å²) in [5.74, 6) is 0.718. The molecule has 4 nitrogen and oxygen atoms in total. The van der Waals surface area contributed by atoms with E-state index in [1.54, 1.807) is 0 Å². The summed E-state index contributed by atoms with van der Waals surface area (Å²) in [5.41, 5.74) is 0.733. The summed E-state index contributed by atoms with van der Waals surface area (Å²) in [6, 6.07) is 7.51. The Hall–Kier alpha value is -1.55. The number of ether oxygens (including phenoxy) is 1. The summed E-state index contributed by atoms with van der Waals surface area (Å²) in [5, 5.41) is 6.10. The van der Waals surface area contributed by atoms with Gasteiger partial charge in [0.2, 0.25) is 5.91 Å². The van der Waals surface area contributed by atoms with Gasteiger partial charge in [0.05, 0.1) is 11.8 Å². The number of para-hydroxylation sites is 2. The van der Waals surface area contributed by atoms with Crippen molar-refractivity contribution in [1.82, 2.24) is 5.32 Å². The Balaban J connectivity index is 2.49. The van der Waals surface area contributed by atoms with Crippen LogP contribution in [0.5, 0.6) is 5.75 Å². The Kier molecular flexibility index (Phi) is 6.97. The Morgan fingerprint density at radius 1 is 1.26 bits per heavy atom. The van der Waals surface area contributed by atoms with Gasteiger partial charge in [-0.05, 0) is 38.9 Å². The summed E-state index contributed by atoms with van der Waals surface area (Å²) in [7, 11) is 0.